The molecule has 0 unspecified atom stereocenters. The van der Waals surface area contributed by atoms with E-state index in [2.05, 4.69) is 168 Å². The van der Waals surface area contributed by atoms with Crippen LogP contribution in [0.5, 0.6) is 0 Å². The van der Waals surface area contributed by atoms with Gasteiger partial charge in [0.05, 0.1) is 26.9 Å². The van der Waals surface area contributed by atoms with Crippen molar-refractivity contribution in [1.82, 2.24) is 14.5 Å². The van der Waals surface area contributed by atoms with Crippen molar-refractivity contribution < 1.29 is 0 Å². The predicted molar refractivity (Wildman–Crippen MR) is 238 cm³/mol. The van der Waals surface area contributed by atoms with Crippen molar-refractivity contribution in [3.8, 4) is 17.2 Å². The number of nitrogens with zero attached hydrogens (tertiary/aromatic N) is 3. The zero-order chi connectivity index (χ0) is 35.8. The van der Waals surface area contributed by atoms with E-state index in [1.807, 2.05) is 22.7 Å². The molecule has 0 bridgehead atoms. The van der Waals surface area contributed by atoms with Gasteiger partial charge in [0.2, 0.25) is 5.95 Å². The van der Waals surface area contributed by atoms with E-state index in [1.165, 1.54) is 72.7 Å². The van der Waals surface area contributed by atoms with Crippen LogP contribution in [0.3, 0.4) is 0 Å². The van der Waals surface area contributed by atoms with E-state index in [0.717, 1.165) is 44.0 Å². The molecule has 0 saturated heterocycles. The van der Waals surface area contributed by atoms with Crippen LogP contribution < -0.4 is 0 Å². The molecule has 0 aliphatic carbocycles. The summed E-state index contributed by atoms with van der Waals surface area (Å²) in [4.78, 5) is 11.4. The van der Waals surface area contributed by atoms with Crippen LogP contribution in [0.2, 0.25) is 0 Å². The normalized spacial score (nSPS) is 12.4. The molecular weight excluding hydrogens is 707 g/mol. The number of para-hydroxylation sites is 1. The molecule has 4 heterocycles. The van der Waals surface area contributed by atoms with Crippen molar-refractivity contribution in [1.29, 1.82) is 0 Å². The van der Waals surface area contributed by atoms with Gasteiger partial charge in [-0.1, -0.05) is 140 Å². The van der Waals surface area contributed by atoms with Gasteiger partial charge in [-0.25, -0.2) is 9.97 Å². The second kappa shape index (κ2) is 11.0. The SMILES string of the molecule is c1ccc2c(c1)sc1cc(-c3nc(-n4c5ccccc5c5c6ccccc6c6c7ccccc7sc6c54)nc4c5ccccc5c5ccccc5c34)ccc12. The van der Waals surface area contributed by atoms with Gasteiger partial charge in [0.25, 0.3) is 0 Å². The molecule has 13 aromatic rings. The van der Waals surface area contributed by atoms with Crippen LogP contribution in [0.15, 0.2) is 164 Å². The van der Waals surface area contributed by atoms with E-state index in [-0.39, 0.29) is 0 Å². The maximum Gasteiger partial charge on any atom is 0.235 e. The Morgan fingerprint density at radius 2 is 0.927 bits per heavy atom. The Morgan fingerprint density at radius 3 is 1.69 bits per heavy atom. The molecule has 5 heteroatoms. The first-order chi connectivity index (χ1) is 27.3. The van der Waals surface area contributed by atoms with Gasteiger partial charge in [0, 0.05) is 62.8 Å². The lowest BCUT2D eigenvalue weighted by Gasteiger charge is -2.16. The highest BCUT2D eigenvalue weighted by Gasteiger charge is 2.25. The van der Waals surface area contributed by atoms with Crippen molar-refractivity contribution in [2.45, 2.75) is 0 Å². The molecule has 0 amide bonds. The van der Waals surface area contributed by atoms with Gasteiger partial charge in [0.1, 0.15) is 0 Å². The number of fused-ring (bicyclic) bond motifs is 19. The highest BCUT2D eigenvalue weighted by atomic mass is 32.1. The summed E-state index contributed by atoms with van der Waals surface area (Å²) >= 11 is 3.71. The summed E-state index contributed by atoms with van der Waals surface area (Å²) in [6, 6.07) is 59.6. The highest BCUT2D eigenvalue weighted by Crippen LogP contribution is 2.48. The third kappa shape index (κ3) is 3.98. The standard InChI is InChI=1S/C50H27N3S2/c1-3-16-33-29(13-1)30-14-2-6-19-36(30)47-45(33)46(28-25-26-32-31-15-8-11-23-40(31)54-42(32)27-28)51-50(52-47)53-39-22-10-7-20-37(39)43-34-17-4-5-18-35(34)44-38-21-9-12-24-41(38)55-49(44)48(43)53/h1-27H. The molecule has 254 valence electrons. The summed E-state index contributed by atoms with van der Waals surface area (Å²) in [5, 5.41) is 15.9. The lowest BCUT2D eigenvalue weighted by molar-refractivity contribution is 1.02. The van der Waals surface area contributed by atoms with Crippen LogP contribution in [0.1, 0.15) is 0 Å². The second-order valence-electron chi connectivity index (χ2n) is 14.4. The molecule has 0 N–H and O–H groups in total. The van der Waals surface area contributed by atoms with Gasteiger partial charge in [0.15, 0.2) is 0 Å². The average molecular weight is 734 g/mol. The van der Waals surface area contributed by atoms with Crippen molar-refractivity contribution in [2.75, 3.05) is 0 Å². The lowest BCUT2D eigenvalue weighted by Crippen LogP contribution is -2.04. The quantitative estimate of drug-likeness (QED) is 0.166. The zero-order valence-corrected chi connectivity index (χ0v) is 30.9. The molecule has 0 atom stereocenters. The van der Waals surface area contributed by atoms with E-state index in [0.29, 0.717) is 5.95 Å². The minimum atomic E-state index is 0.680. The molecule has 9 aromatic carbocycles. The zero-order valence-electron chi connectivity index (χ0n) is 29.2. The highest BCUT2D eigenvalue weighted by molar-refractivity contribution is 7.27. The Kier molecular flexibility index (Phi) is 5.93. The van der Waals surface area contributed by atoms with Gasteiger partial charge in [-0.3, -0.25) is 4.57 Å². The van der Waals surface area contributed by atoms with E-state index in [4.69, 9.17) is 9.97 Å². The van der Waals surface area contributed by atoms with Crippen LogP contribution in [-0.4, -0.2) is 14.5 Å². The lowest BCUT2D eigenvalue weighted by atomic mass is 9.94. The summed E-state index contributed by atoms with van der Waals surface area (Å²) in [6.07, 6.45) is 0. The Morgan fingerprint density at radius 1 is 0.382 bits per heavy atom. The fraction of sp³-hybridized carbons (Fsp3) is 0. The largest absolute Gasteiger partial charge is 0.276 e. The number of rotatable bonds is 2. The third-order valence-corrected chi connectivity index (χ3v) is 13.9. The van der Waals surface area contributed by atoms with Crippen LogP contribution >= 0.6 is 22.7 Å². The molecule has 0 spiro atoms. The molecule has 0 aliphatic heterocycles. The maximum absolute atomic E-state index is 5.73. The number of aromatic nitrogens is 3. The molecule has 0 radical (unpaired) electrons. The van der Waals surface area contributed by atoms with Gasteiger partial charge < -0.3 is 0 Å². The minimum absolute atomic E-state index is 0.680. The molecular formula is C50H27N3S2. The molecule has 4 aromatic heterocycles. The monoisotopic (exact) mass is 733 g/mol. The van der Waals surface area contributed by atoms with E-state index in [1.54, 1.807) is 0 Å². The summed E-state index contributed by atoms with van der Waals surface area (Å²) in [6.45, 7) is 0. The number of thiophene rings is 2. The summed E-state index contributed by atoms with van der Waals surface area (Å²) < 4.78 is 7.45. The van der Waals surface area contributed by atoms with Gasteiger partial charge in [-0.2, -0.15) is 0 Å². The van der Waals surface area contributed by atoms with Crippen molar-refractivity contribution >= 4 is 128 Å². The van der Waals surface area contributed by atoms with Crippen molar-refractivity contribution in [2.24, 2.45) is 0 Å². The van der Waals surface area contributed by atoms with Gasteiger partial charge >= 0.3 is 0 Å². The molecule has 0 aliphatic rings. The van der Waals surface area contributed by atoms with E-state index >= 15 is 0 Å². The Balaban J connectivity index is 1.25. The van der Waals surface area contributed by atoms with Crippen LogP contribution in [0.4, 0.5) is 0 Å². The van der Waals surface area contributed by atoms with Gasteiger partial charge in [-0.15, -0.1) is 22.7 Å². The Bertz CT molecular complexity index is 3790. The molecule has 0 saturated carbocycles. The average Bonchev–Trinajstić information content (AvgIpc) is 3.93. The fourth-order valence-corrected chi connectivity index (χ4v) is 11.7. The number of benzene rings is 9. The first-order valence-electron chi connectivity index (χ1n) is 18.6. The van der Waals surface area contributed by atoms with Crippen LogP contribution in [-0.2, 0) is 0 Å². The third-order valence-electron chi connectivity index (χ3n) is 11.6. The number of hydrogen-bond donors (Lipinski definition) is 0. The van der Waals surface area contributed by atoms with Crippen LogP contribution in [0, 0.1) is 0 Å². The van der Waals surface area contributed by atoms with Crippen LogP contribution in [0.25, 0.3) is 123 Å². The van der Waals surface area contributed by atoms with E-state index < -0.39 is 0 Å². The molecule has 3 nitrogen and oxygen atoms in total. The van der Waals surface area contributed by atoms with Gasteiger partial charge in [-0.05, 0) is 51.2 Å². The van der Waals surface area contributed by atoms with E-state index in [9.17, 15) is 0 Å². The molecule has 13 rings (SSSR count). The first kappa shape index (κ1) is 29.8. The smallest absolute Gasteiger partial charge is 0.235 e. The van der Waals surface area contributed by atoms with Crippen molar-refractivity contribution in [3.05, 3.63) is 164 Å². The fourth-order valence-electron chi connectivity index (χ4n) is 9.28. The molecule has 55 heavy (non-hydrogen) atoms. The summed E-state index contributed by atoms with van der Waals surface area (Å²) in [5.74, 6) is 0.680. The maximum atomic E-state index is 5.73. The Hall–Kier alpha value is -6.66. The van der Waals surface area contributed by atoms with Crippen molar-refractivity contribution in [3.63, 3.8) is 0 Å². The topological polar surface area (TPSA) is 30.7 Å². The summed E-state index contributed by atoms with van der Waals surface area (Å²) in [5.41, 5.74) is 5.26. The Labute approximate surface area is 322 Å². The predicted octanol–water partition coefficient (Wildman–Crippen LogP) is 14.6. The molecule has 0 fully saturated rings. The first-order valence-corrected chi connectivity index (χ1v) is 20.2. The second-order valence-corrected chi connectivity index (χ2v) is 16.6. The number of hydrogen-bond acceptors (Lipinski definition) is 4. The summed E-state index contributed by atoms with van der Waals surface area (Å²) in [7, 11) is 0. The minimum Gasteiger partial charge on any atom is -0.276 e.